The summed E-state index contributed by atoms with van der Waals surface area (Å²) in [6.07, 6.45) is 0. The van der Waals surface area contributed by atoms with E-state index in [1.165, 1.54) is 44.2 Å². The van der Waals surface area contributed by atoms with Crippen LogP contribution in [0.4, 0.5) is 0 Å². The summed E-state index contributed by atoms with van der Waals surface area (Å²) >= 11 is 0. The molecule has 0 amide bonds. The first-order valence-corrected chi connectivity index (χ1v) is 15.2. The lowest BCUT2D eigenvalue weighted by Crippen LogP contribution is -2.01. The van der Waals surface area contributed by atoms with Crippen LogP contribution in [0.3, 0.4) is 0 Å². The molecule has 0 fully saturated rings. The standard InChI is InChI=1S/C41H30N4/c1-27-28(2)36(45-37-19-11-9-17-34(37)35-18-10-12-20-38(35)45)26-25-33(27)29-21-23-32(24-22-29)41-43-39(30-13-5-3-6-14-30)42-40(44-41)31-15-7-4-8-16-31/h3-26H,1-2H3. The van der Waals surface area contributed by atoms with E-state index in [1.54, 1.807) is 0 Å². The van der Waals surface area contributed by atoms with E-state index in [0.29, 0.717) is 17.5 Å². The van der Waals surface area contributed by atoms with Crippen molar-refractivity contribution in [2.24, 2.45) is 0 Å². The van der Waals surface area contributed by atoms with Gasteiger partial charge in [0.2, 0.25) is 0 Å². The third kappa shape index (κ3) is 4.68. The van der Waals surface area contributed by atoms with Crippen LogP contribution in [-0.2, 0) is 0 Å². The van der Waals surface area contributed by atoms with Crippen molar-refractivity contribution in [1.29, 1.82) is 0 Å². The number of fused-ring (bicyclic) bond motifs is 3. The van der Waals surface area contributed by atoms with Crippen LogP contribution < -0.4 is 0 Å². The molecule has 8 rings (SSSR count). The zero-order valence-electron chi connectivity index (χ0n) is 25.1. The van der Waals surface area contributed by atoms with Gasteiger partial charge in [-0.2, -0.15) is 0 Å². The van der Waals surface area contributed by atoms with E-state index in [9.17, 15) is 0 Å². The molecular weight excluding hydrogens is 548 g/mol. The molecule has 0 bridgehead atoms. The van der Waals surface area contributed by atoms with Crippen LogP contribution in [0.5, 0.6) is 0 Å². The second kappa shape index (κ2) is 11.0. The Hall–Kier alpha value is -5.87. The zero-order valence-corrected chi connectivity index (χ0v) is 25.1. The van der Waals surface area contributed by atoms with Crippen LogP contribution in [-0.4, -0.2) is 19.5 Å². The Labute approximate surface area is 262 Å². The van der Waals surface area contributed by atoms with Gasteiger partial charge in [0.1, 0.15) is 0 Å². The molecule has 2 heterocycles. The van der Waals surface area contributed by atoms with Crippen LogP contribution in [0.1, 0.15) is 11.1 Å². The average molecular weight is 579 g/mol. The molecule has 0 spiro atoms. The van der Waals surface area contributed by atoms with Crippen LogP contribution >= 0.6 is 0 Å². The van der Waals surface area contributed by atoms with Gasteiger partial charge >= 0.3 is 0 Å². The van der Waals surface area contributed by atoms with E-state index in [2.05, 4.69) is 103 Å². The number of benzene rings is 6. The highest BCUT2D eigenvalue weighted by molar-refractivity contribution is 6.09. The molecule has 0 radical (unpaired) electrons. The molecule has 8 aromatic rings. The van der Waals surface area contributed by atoms with Gasteiger partial charge in [-0.1, -0.05) is 127 Å². The smallest absolute Gasteiger partial charge is 0.164 e. The number of hydrogen-bond donors (Lipinski definition) is 0. The molecule has 0 atom stereocenters. The summed E-state index contributed by atoms with van der Waals surface area (Å²) in [5.41, 5.74) is 11.4. The summed E-state index contributed by atoms with van der Waals surface area (Å²) in [7, 11) is 0. The summed E-state index contributed by atoms with van der Waals surface area (Å²) in [4.78, 5) is 14.6. The fraction of sp³-hybridized carbons (Fsp3) is 0.0488. The molecular formula is C41H30N4. The van der Waals surface area contributed by atoms with Gasteiger partial charge < -0.3 is 4.57 Å². The minimum absolute atomic E-state index is 0.656. The van der Waals surface area contributed by atoms with E-state index in [0.717, 1.165) is 22.3 Å². The van der Waals surface area contributed by atoms with Crippen LogP contribution in [0.15, 0.2) is 146 Å². The first-order chi connectivity index (χ1) is 22.2. The lowest BCUT2D eigenvalue weighted by molar-refractivity contribution is 1.07. The third-order valence-corrected chi connectivity index (χ3v) is 8.73. The van der Waals surface area contributed by atoms with Gasteiger partial charge in [0.05, 0.1) is 11.0 Å². The SMILES string of the molecule is Cc1c(-c2ccc(-c3nc(-c4ccccc4)nc(-c4ccccc4)n3)cc2)ccc(-n2c3ccccc3c3ccccc32)c1C. The number of nitrogens with zero attached hydrogens (tertiary/aromatic N) is 4. The molecule has 0 N–H and O–H groups in total. The number of aromatic nitrogens is 4. The highest BCUT2D eigenvalue weighted by Crippen LogP contribution is 2.36. The Morgan fingerprint density at radius 3 is 1.31 bits per heavy atom. The monoisotopic (exact) mass is 578 g/mol. The summed E-state index contributed by atoms with van der Waals surface area (Å²) in [6, 6.07) is 50.6. The van der Waals surface area contributed by atoms with Gasteiger partial charge in [0, 0.05) is 33.2 Å². The Bertz CT molecular complexity index is 2210. The topological polar surface area (TPSA) is 43.6 Å². The Morgan fingerprint density at radius 1 is 0.378 bits per heavy atom. The first kappa shape index (κ1) is 26.7. The summed E-state index contributed by atoms with van der Waals surface area (Å²) < 4.78 is 2.40. The minimum Gasteiger partial charge on any atom is -0.309 e. The third-order valence-electron chi connectivity index (χ3n) is 8.73. The summed E-state index contributed by atoms with van der Waals surface area (Å²) in [6.45, 7) is 4.45. The number of rotatable bonds is 5. The normalized spacial score (nSPS) is 11.3. The Balaban J connectivity index is 1.19. The van der Waals surface area contributed by atoms with Crippen LogP contribution in [0, 0.1) is 13.8 Å². The molecule has 0 aliphatic carbocycles. The Kier molecular flexibility index (Phi) is 6.54. The fourth-order valence-electron chi connectivity index (χ4n) is 6.28. The summed E-state index contributed by atoms with van der Waals surface area (Å²) in [5.74, 6) is 1.98. The van der Waals surface area contributed by atoms with E-state index in [4.69, 9.17) is 15.0 Å². The van der Waals surface area contributed by atoms with Gasteiger partial charge in [-0.05, 0) is 54.3 Å². The fourth-order valence-corrected chi connectivity index (χ4v) is 6.28. The van der Waals surface area contributed by atoms with Crippen molar-refractivity contribution in [2.75, 3.05) is 0 Å². The molecule has 0 aliphatic heterocycles. The molecule has 214 valence electrons. The summed E-state index contributed by atoms with van der Waals surface area (Å²) in [5, 5.41) is 2.54. The molecule has 4 heteroatoms. The van der Waals surface area contributed by atoms with E-state index >= 15 is 0 Å². The minimum atomic E-state index is 0.656. The van der Waals surface area contributed by atoms with Crippen molar-refractivity contribution < 1.29 is 0 Å². The molecule has 0 saturated heterocycles. The highest BCUT2D eigenvalue weighted by atomic mass is 15.0. The largest absolute Gasteiger partial charge is 0.309 e. The van der Waals surface area contributed by atoms with Gasteiger partial charge in [-0.3, -0.25) is 0 Å². The number of hydrogen-bond acceptors (Lipinski definition) is 3. The quantitative estimate of drug-likeness (QED) is 0.204. The van der Waals surface area contributed by atoms with E-state index in [1.807, 2.05) is 60.7 Å². The van der Waals surface area contributed by atoms with E-state index < -0.39 is 0 Å². The molecule has 6 aromatic carbocycles. The lowest BCUT2D eigenvalue weighted by Gasteiger charge is -2.17. The van der Waals surface area contributed by atoms with Crippen molar-refractivity contribution in [3.8, 4) is 51.0 Å². The van der Waals surface area contributed by atoms with Crippen molar-refractivity contribution in [3.63, 3.8) is 0 Å². The maximum Gasteiger partial charge on any atom is 0.164 e. The second-order valence-electron chi connectivity index (χ2n) is 11.4. The van der Waals surface area contributed by atoms with Crippen molar-refractivity contribution in [1.82, 2.24) is 19.5 Å². The Morgan fingerprint density at radius 2 is 0.800 bits per heavy atom. The van der Waals surface area contributed by atoms with E-state index in [-0.39, 0.29) is 0 Å². The molecule has 4 nitrogen and oxygen atoms in total. The van der Waals surface area contributed by atoms with Crippen molar-refractivity contribution >= 4 is 21.8 Å². The molecule has 0 saturated carbocycles. The van der Waals surface area contributed by atoms with Gasteiger partial charge in [0.25, 0.3) is 0 Å². The molecule has 0 aliphatic rings. The van der Waals surface area contributed by atoms with Crippen LogP contribution in [0.2, 0.25) is 0 Å². The van der Waals surface area contributed by atoms with Crippen LogP contribution in [0.25, 0.3) is 72.8 Å². The highest BCUT2D eigenvalue weighted by Gasteiger charge is 2.17. The molecule has 0 unspecified atom stereocenters. The van der Waals surface area contributed by atoms with Gasteiger partial charge in [-0.15, -0.1) is 0 Å². The van der Waals surface area contributed by atoms with Gasteiger partial charge in [0.15, 0.2) is 17.5 Å². The average Bonchev–Trinajstić information content (AvgIpc) is 3.44. The van der Waals surface area contributed by atoms with Crippen molar-refractivity contribution in [3.05, 3.63) is 157 Å². The maximum atomic E-state index is 4.90. The second-order valence-corrected chi connectivity index (χ2v) is 11.4. The predicted molar refractivity (Wildman–Crippen MR) is 185 cm³/mol. The van der Waals surface area contributed by atoms with Gasteiger partial charge in [-0.25, -0.2) is 15.0 Å². The molecule has 2 aromatic heterocycles. The zero-order chi connectivity index (χ0) is 30.3. The predicted octanol–water partition coefficient (Wildman–Crippen LogP) is 10.3. The number of para-hydroxylation sites is 2. The van der Waals surface area contributed by atoms with Crippen molar-refractivity contribution in [2.45, 2.75) is 13.8 Å². The maximum absolute atomic E-state index is 4.90. The molecule has 45 heavy (non-hydrogen) atoms. The lowest BCUT2D eigenvalue weighted by atomic mass is 9.95. The first-order valence-electron chi connectivity index (χ1n) is 15.2.